The maximum atomic E-state index is 5.58. The zero-order chi connectivity index (χ0) is 12.8. The maximum Gasteiger partial charge on any atom is 0.131 e. The Hall–Kier alpha value is -2.14. The Morgan fingerprint density at radius 2 is 2.06 bits per heavy atom. The molecular formula is C13H16N4O. The van der Waals surface area contributed by atoms with Crippen molar-refractivity contribution >= 4 is 11.6 Å². The molecule has 0 aliphatic heterocycles. The van der Waals surface area contributed by atoms with Crippen LogP contribution in [0.15, 0.2) is 36.7 Å². The first-order valence-corrected chi connectivity index (χ1v) is 5.66. The summed E-state index contributed by atoms with van der Waals surface area (Å²) in [4.78, 5) is 7.93. The van der Waals surface area contributed by atoms with Gasteiger partial charge in [-0.15, -0.1) is 0 Å². The molecule has 5 nitrogen and oxygen atoms in total. The van der Waals surface area contributed by atoms with Crippen LogP contribution in [0.1, 0.15) is 11.1 Å². The van der Waals surface area contributed by atoms with Crippen molar-refractivity contribution in [1.29, 1.82) is 0 Å². The summed E-state index contributed by atoms with van der Waals surface area (Å²) in [6.45, 7) is 1.31. The van der Waals surface area contributed by atoms with Gasteiger partial charge in [0.2, 0.25) is 0 Å². The summed E-state index contributed by atoms with van der Waals surface area (Å²) in [6.07, 6.45) is 1.44. The highest BCUT2D eigenvalue weighted by Crippen LogP contribution is 2.10. The van der Waals surface area contributed by atoms with Crippen LogP contribution in [-0.4, -0.2) is 17.1 Å². The Morgan fingerprint density at radius 1 is 1.22 bits per heavy atom. The Kier molecular flexibility index (Phi) is 4.09. The molecule has 0 aliphatic rings. The van der Waals surface area contributed by atoms with Crippen LogP contribution in [0.3, 0.4) is 0 Å². The third kappa shape index (κ3) is 3.43. The number of nitrogens with one attached hydrogen (secondary N) is 1. The van der Waals surface area contributed by atoms with Crippen LogP contribution < -0.4 is 11.1 Å². The lowest BCUT2D eigenvalue weighted by atomic mass is 10.1. The van der Waals surface area contributed by atoms with E-state index in [0.717, 1.165) is 11.4 Å². The Labute approximate surface area is 106 Å². The molecule has 0 unspecified atom stereocenters. The van der Waals surface area contributed by atoms with Gasteiger partial charge in [-0.05, 0) is 11.1 Å². The van der Waals surface area contributed by atoms with Gasteiger partial charge in [0.25, 0.3) is 0 Å². The largest absolute Gasteiger partial charge is 0.384 e. The molecule has 0 saturated heterocycles. The fourth-order valence-corrected chi connectivity index (χ4v) is 1.66. The number of rotatable bonds is 5. The fraction of sp³-hybridized carbons (Fsp3) is 0.231. The lowest BCUT2D eigenvalue weighted by Gasteiger charge is -2.07. The number of nitrogens with zero attached hydrogens (tertiary/aromatic N) is 2. The van der Waals surface area contributed by atoms with Gasteiger partial charge in [0, 0.05) is 19.7 Å². The smallest absolute Gasteiger partial charge is 0.131 e. The summed E-state index contributed by atoms with van der Waals surface area (Å²) in [5, 5.41) is 3.20. The number of aromatic nitrogens is 2. The summed E-state index contributed by atoms with van der Waals surface area (Å²) < 4.78 is 5.10. The van der Waals surface area contributed by atoms with Crippen molar-refractivity contribution in [2.45, 2.75) is 13.2 Å². The molecule has 0 amide bonds. The van der Waals surface area contributed by atoms with Gasteiger partial charge in [-0.25, -0.2) is 9.97 Å². The molecule has 5 heteroatoms. The van der Waals surface area contributed by atoms with Gasteiger partial charge in [-0.3, -0.25) is 0 Å². The predicted molar refractivity (Wildman–Crippen MR) is 70.9 cm³/mol. The van der Waals surface area contributed by atoms with E-state index in [0.29, 0.717) is 19.0 Å². The molecule has 2 rings (SSSR count). The van der Waals surface area contributed by atoms with E-state index in [-0.39, 0.29) is 0 Å². The first-order chi connectivity index (χ1) is 8.78. The average Bonchev–Trinajstić information content (AvgIpc) is 2.37. The van der Waals surface area contributed by atoms with E-state index in [9.17, 15) is 0 Å². The maximum absolute atomic E-state index is 5.58. The molecule has 1 heterocycles. The summed E-state index contributed by atoms with van der Waals surface area (Å²) in [7, 11) is 1.69. The molecule has 0 spiro atoms. The average molecular weight is 244 g/mol. The summed E-state index contributed by atoms with van der Waals surface area (Å²) in [5.74, 6) is 1.18. The SMILES string of the molecule is COCc1cccc(CNc2cc(N)ncn2)c1. The van der Waals surface area contributed by atoms with E-state index >= 15 is 0 Å². The van der Waals surface area contributed by atoms with Gasteiger partial charge in [0.1, 0.15) is 18.0 Å². The van der Waals surface area contributed by atoms with E-state index in [4.69, 9.17) is 10.5 Å². The van der Waals surface area contributed by atoms with Crippen LogP contribution >= 0.6 is 0 Å². The zero-order valence-electron chi connectivity index (χ0n) is 10.3. The minimum absolute atomic E-state index is 0.459. The number of methoxy groups -OCH3 is 1. The van der Waals surface area contributed by atoms with Crippen LogP contribution in [0, 0.1) is 0 Å². The predicted octanol–water partition coefficient (Wildman–Crippen LogP) is 1.82. The van der Waals surface area contributed by atoms with Gasteiger partial charge in [0.05, 0.1) is 6.61 Å². The van der Waals surface area contributed by atoms with Crippen LogP contribution in [-0.2, 0) is 17.9 Å². The number of hydrogen-bond acceptors (Lipinski definition) is 5. The van der Waals surface area contributed by atoms with Crippen LogP contribution in [0.4, 0.5) is 11.6 Å². The lowest BCUT2D eigenvalue weighted by molar-refractivity contribution is 0.185. The van der Waals surface area contributed by atoms with E-state index in [1.165, 1.54) is 11.9 Å². The van der Waals surface area contributed by atoms with Crippen LogP contribution in [0.25, 0.3) is 0 Å². The van der Waals surface area contributed by atoms with Crippen LogP contribution in [0.2, 0.25) is 0 Å². The number of anilines is 2. The molecule has 1 aromatic heterocycles. The van der Waals surface area contributed by atoms with E-state index in [1.54, 1.807) is 13.2 Å². The molecule has 0 saturated carbocycles. The molecule has 94 valence electrons. The molecule has 0 aliphatic carbocycles. The van der Waals surface area contributed by atoms with Crippen molar-refractivity contribution < 1.29 is 4.74 Å². The number of ether oxygens (including phenoxy) is 1. The molecule has 3 N–H and O–H groups in total. The highest BCUT2D eigenvalue weighted by atomic mass is 16.5. The summed E-state index contributed by atoms with van der Waals surface area (Å²) in [5.41, 5.74) is 7.90. The van der Waals surface area contributed by atoms with Gasteiger partial charge in [-0.1, -0.05) is 24.3 Å². The molecule has 18 heavy (non-hydrogen) atoms. The van der Waals surface area contributed by atoms with Crippen molar-refractivity contribution in [3.63, 3.8) is 0 Å². The monoisotopic (exact) mass is 244 g/mol. The second-order valence-corrected chi connectivity index (χ2v) is 3.93. The first kappa shape index (κ1) is 12.3. The third-order valence-corrected chi connectivity index (χ3v) is 2.46. The number of benzene rings is 1. The Bertz CT molecular complexity index is 516. The normalized spacial score (nSPS) is 10.3. The highest BCUT2D eigenvalue weighted by molar-refractivity contribution is 5.43. The molecule has 2 aromatic rings. The third-order valence-electron chi connectivity index (χ3n) is 2.46. The quantitative estimate of drug-likeness (QED) is 0.839. The molecule has 0 fully saturated rings. The standard InChI is InChI=1S/C13H16N4O/c1-18-8-11-4-2-3-10(5-11)7-15-13-6-12(14)16-9-17-13/h2-6,9H,7-8H2,1H3,(H3,14,15,16,17). The number of nitrogens with two attached hydrogens (primary N) is 1. The minimum Gasteiger partial charge on any atom is -0.384 e. The lowest BCUT2D eigenvalue weighted by Crippen LogP contribution is -2.03. The molecule has 0 atom stereocenters. The van der Waals surface area contributed by atoms with Gasteiger partial charge >= 0.3 is 0 Å². The number of hydrogen-bond donors (Lipinski definition) is 2. The minimum atomic E-state index is 0.459. The van der Waals surface area contributed by atoms with E-state index in [1.807, 2.05) is 12.1 Å². The van der Waals surface area contributed by atoms with Gasteiger partial charge in [-0.2, -0.15) is 0 Å². The van der Waals surface area contributed by atoms with Crippen molar-refractivity contribution in [1.82, 2.24) is 9.97 Å². The summed E-state index contributed by atoms with van der Waals surface area (Å²) in [6, 6.07) is 9.91. The molecule has 0 radical (unpaired) electrons. The van der Waals surface area contributed by atoms with Gasteiger partial charge < -0.3 is 15.8 Å². The molecular weight excluding hydrogens is 228 g/mol. The second-order valence-electron chi connectivity index (χ2n) is 3.93. The topological polar surface area (TPSA) is 73.1 Å². The highest BCUT2D eigenvalue weighted by Gasteiger charge is 1.98. The second kappa shape index (κ2) is 5.97. The fourth-order valence-electron chi connectivity index (χ4n) is 1.66. The number of nitrogen functional groups attached to an aromatic ring is 1. The van der Waals surface area contributed by atoms with E-state index in [2.05, 4.69) is 27.4 Å². The van der Waals surface area contributed by atoms with Gasteiger partial charge in [0.15, 0.2) is 0 Å². The Balaban J connectivity index is 1.99. The van der Waals surface area contributed by atoms with Crippen molar-refractivity contribution in [3.05, 3.63) is 47.8 Å². The van der Waals surface area contributed by atoms with Crippen molar-refractivity contribution in [3.8, 4) is 0 Å². The van der Waals surface area contributed by atoms with Crippen LogP contribution in [0.5, 0.6) is 0 Å². The van der Waals surface area contributed by atoms with E-state index < -0.39 is 0 Å². The summed E-state index contributed by atoms with van der Waals surface area (Å²) >= 11 is 0. The molecule has 0 bridgehead atoms. The first-order valence-electron chi connectivity index (χ1n) is 5.66. The van der Waals surface area contributed by atoms with Crippen molar-refractivity contribution in [2.24, 2.45) is 0 Å². The zero-order valence-corrected chi connectivity index (χ0v) is 10.3. The Morgan fingerprint density at radius 3 is 2.83 bits per heavy atom. The molecule has 1 aromatic carbocycles. The van der Waals surface area contributed by atoms with Crippen molar-refractivity contribution in [2.75, 3.05) is 18.2 Å².